The molecule has 0 saturated carbocycles. The molecule has 1 aromatic heterocycles. The van der Waals surface area contributed by atoms with Crippen LogP contribution in [-0.2, 0) is 4.79 Å². The van der Waals surface area contributed by atoms with Crippen molar-refractivity contribution in [1.29, 1.82) is 0 Å². The summed E-state index contributed by atoms with van der Waals surface area (Å²) in [4.78, 5) is 11.2. The van der Waals surface area contributed by atoms with Crippen molar-refractivity contribution in [2.45, 2.75) is 25.9 Å². The highest BCUT2D eigenvalue weighted by Gasteiger charge is 2.26. The highest BCUT2D eigenvalue weighted by Crippen LogP contribution is 2.18. The van der Waals surface area contributed by atoms with Crippen LogP contribution >= 0.6 is 0 Å². The second kappa shape index (κ2) is 3.46. The molecule has 14 heavy (non-hydrogen) atoms. The van der Waals surface area contributed by atoms with Gasteiger partial charge in [-0.05, 0) is 26.0 Å². The number of rotatable bonds is 1. The number of piperazine rings is 1. The maximum absolute atomic E-state index is 11.2. The molecule has 2 N–H and O–H groups in total. The molecular weight excluding hydrogens is 180 g/mol. The minimum atomic E-state index is -0.154. The second-order valence-electron chi connectivity index (χ2n) is 3.63. The molecule has 2 heterocycles. The lowest BCUT2D eigenvalue weighted by Crippen LogP contribution is -2.52. The molecule has 2 rings (SSSR count). The summed E-state index contributed by atoms with van der Waals surface area (Å²) in [6, 6.07) is 3.81. The molecule has 1 aliphatic heterocycles. The number of amides is 1. The van der Waals surface area contributed by atoms with Crippen LogP contribution in [0.25, 0.3) is 0 Å². The fraction of sp³-hybridized carbons (Fsp3) is 0.500. The van der Waals surface area contributed by atoms with Gasteiger partial charge in [-0.2, -0.15) is 0 Å². The van der Waals surface area contributed by atoms with Crippen molar-refractivity contribution in [3.63, 3.8) is 0 Å². The third kappa shape index (κ3) is 1.65. The van der Waals surface area contributed by atoms with Gasteiger partial charge in [-0.15, -0.1) is 0 Å². The summed E-state index contributed by atoms with van der Waals surface area (Å²) < 4.78 is 5.49. The number of nitrogens with one attached hydrogen (secondary N) is 2. The van der Waals surface area contributed by atoms with Crippen molar-refractivity contribution < 1.29 is 9.21 Å². The van der Waals surface area contributed by atoms with E-state index in [0.717, 1.165) is 11.5 Å². The molecule has 1 aliphatic rings. The molecule has 76 valence electrons. The number of carbonyl (C=O) groups excluding carboxylic acids is 1. The minimum Gasteiger partial charge on any atom is -0.465 e. The highest BCUT2D eigenvalue weighted by molar-refractivity contribution is 5.82. The minimum absolute atomic E-state index is 0.0459. The van der Waals surface area contributed by atoms with Crippen LogP contribution in [0, 0.1) is 6.92 Å². The largest absolute Gasteiger partial charge is 0.465 e. The van der Waals surface area contributed by atoms with Gasteiger partial charge >= 0.3 is 0 Å². The van der Waals surface area contributed by atoms with Crippen molar-refractivity contribution in [3.8, 4) is 0 Å². The fourth-order valence-electron chi connectivity index (χ4n) is 1.62. The maximum atomic E-state index is 11.2. The van der Waals surface area contributed by atoms with Crippen LogP contribution < -0.4 is 10.6 Å². The van der Waals surface area contributed by atoms with Crippen molar-refractivity contribution in [2.24, 2.45) is 0 Å². The molecular formula is C10H14N2O2. The zero-order valence-corrected chi connectivity index (χ0v) is 8.33. The predicted molar refractivity (Wildman–Crippen MR) is 51.8 cm³/mol. The smallest absolute Gasteiger partial charge is 0.236 e. The molecule has 0 spiro atoms. The van der Waals surface area contributed by atoms with E-state index in [1.807, 2.05) is 26.0 Å². The van der Waals surface area contributed by atoms with Crippen LogP contribution in [0.4, 0.5) is 0 Å². The van der Waals surface area contributed by atoms with E-state index >= 15 is 0 Å². The van der Waals surface area contributed by atoms with E-state index in [4.69, 9.17) is 4.42 Å². The molecule has 4 heteroatoms. The van der Waals surface area contributed by atoms with Crippen LogP contribution in [0.15, 0.2) is 16.5 Å². The monoisotopic (exact) mass is 194 g/mol. The molecule has 1 fully saturated rings. The normalized spacial score (nSPS) is 27.4. The van der Waals surface area contributed by atoms with Crippen LogP contribution in [0.5, 0.6) is 0 Å². The van der Waals surface area contributed by atoms with Gasteiger partial charge in [0, 0.05) is 6.54 Å². The average molecular weight is 194 g/mol. The molecule has 1 unspecified atom stereocenters. The summed E-state index contributed by atoms with van der Waals surface area (Å²) in [6.07, 6.45) is 0. The van der Waals surface area contributed by atoms with Crippen molar-refractivity contribution >= 4 is 5.91 Å². The SMILES string of the molecule is Cc1ccc(C2CNC(=O)[C@H](C)N2)o1. The molecule has 0 aliphatic carbocycles. The van der Waals surface area contributed by atoms with Crippen molar-refractivity contribution in [2.75, 3.05) is 6.54 Å². The lowest BCUT2D eigenvalue weighted by atomic mass is 10.1. The van der Waals surface area contributed by atoms with E-state index in [1.165, 1.54) is 0 Å². The summed E-state index contributed by atoms with van der Waals surface area (Å²) in [5.74, 6) is 1.82. The van der Waals surface area contributed by atoms with Crippen molar-refractivity contribution in [3.05, 3.63) is 23.7 Å². The molecule has 0 aromatic carbocycles. The Bertz CT molecular complexity index is 346. The fourth-order valence-corrected chi connectivity index (χ4v) is 1.62. The lowest BCUT2D eigenvalue weighted by molar-refractivity contribution is -0.124. The standard InChI is InChI=1S/C10H14N2O2/c1-6-3-4-9(14-6)8-5-11-10(13)7(2)12-8/h3-4,7-8,12H,5H2,1-2H3,(H,11,13)/t7-,8?/m0/s1. The molecule has 4 nitrogen and oxygen atoms in total. The van der Waals surface area contributed by atoms with Crippen molar-refractivity contribution in [1.82, 2.24) is 10.6 Å². The van der Waals surface area contributed by atoms with E-state index in [-0.39, 0.29) is 18.0 Å². The molecule has 0 radical (unpaired) electrons. The Morgan fingerprint density at radius 2 is 2.29 bits per heavy atom. The second-order valence-corrected chi connectivity index (χ2v) is 3.63. The van der Waals surface area contributed by atoms with Gasteiger partial charge in [-0.1, -0.05) is 0 Å². The van der Waals surface area contributed by atoms with Gasteiger partial charge in [0.1, 0.15) is 11.5 Å². The third-order valence-corrected chi connectivity index (χ3v) is 2.43. The average Bonchev–Trinajstić information content (AvgIpc) is 2.57. The van der Waals surface area contributed by atoms with Crippen LogP contribution in [0.1, 0.15) is 24.5 Å². The zero-order chi connectivity index (χ0) is 10.1. The number of aryl methyl sites for hydroxylation is 1. The van der Waals surface area contributed by atoms with E-state index in [9.17, 15) is 4.79 Å². The third-order valence-electron chi connectivity index (χ3n) is 2.43. The summed E-state index contributed by atoms with van der Waals surface area (Å²) in [5, 5.41) is 6.02. The van der Waals surface area contributed by atoms with E-state index in [0.29, 0.717) is 6.54 Å². The highest BCUT2D eigenvalue weighted by atomic mass is 16.3. The Morgan fingerprint density at radius 1 is 1.50 bits per heavy atom. The first-order valence-corrected chi connectivity index (χ1v) is 4.77. The Labute approximate surface area is 82.7 Å². The van der Waals surface area contributed by atoms with E-state index < -0.39 is 0 Å². The molecule has 2 atom stereocenters. The number of hydrogen-bond acceptors (Lipinski definition) is 3. The first-order chi connectivity index (χ1) is 6.66. The molecule has 0 bridgehead atoms. The van der Waals surface area contributed by atoms with Gasteiger partial charge in [-0.25, -0.2) is 0 Å². The van der Waals surface area contributed by atoms with Gasteiger partial charge in [-0.3, -0.25) is 10.1 Å². The van der Waals surface area contributed by atoms with Crippen LogP contribution in [0.3, 0.4) is 0 Å². The Balaban J connectivity index is 2.10. The molecule has 1 saturated heterocycles. The zero-order valence-electron chi connectivity index (χ0n) is 8.33. The topological polar surface area (TPSA) is 54.3 Å². The number of furan rings is 1. The summed E-state index contributed by atoms with van der Waals surface area (Å²) in [5.41, 5.74) is 0. The van der Waals surface area contributed by atoms with Crippen LogP contribution in [0.2, 0.25) is 0 Å². The Hall–Kier alpha value is -1.29. The van der Waals surface area contributed by atoms with E-state index in [1.54, 1.807) is 0 Å². The van der Waals surface area contributed by atoms with Gasteiger partial charge < -0.3 is 9.73 Å². The number of hydrogen-bond donors (Lipinski definition) is 2. The maximum Gasteiger partial charge on any atom is 0.236 e. The Morgan fingerprint density at radius 3 is 2.86 bits per heavy atom. The molecule has 1 amide bonds. The Kier molecular flexibility index (Phi) is 2.29. The van der Waals surface area contributed by atoms with Gasteiger partial charge in [0.05, 0.1) is 12.1 Å². The van der Waals surface area contributed by atoms with E-state index in [2.05, 4.69) is 10.6 Å². The van der Waals surface area contributed by atoms with Gasteiger partial charge in [0.25, 0.3) is 0 Å². The number of carbonyl (C=O) groups is 1. The summed E-state index contributed by atoms with van der Waals surface area (Å²) in [7, 11) is 0. The summed E-state index contributed by atoms with van der Waals surface area (Å²) >= 11 is 0. The first-order valence-electron chi connectivity index (χ1n) is 4.77. The lowest BCUT2D eigenvalue weighted by Gasteiger charge is -2.27. The molecule has 1 aromatic rings. The summed E-state index contributed by atoms with van der Waals surface area (Å²) in [6.45, 7) is 4.35. The quantitative estimate of drug-likeness (QED) is 0.693. The van der Waals surface area contributed by atoms with Crippen LogP contribution in [-0.4, -0.2) is 18.5 Å². The van der Waals surface area contributed by atoms with Gasteiger partial charge in [0.2, 0.25) is 5.91 Å². The van der Waals surface area contributed by atoms with Gasteiger partial charge in [0.15, 0.2) is 0 Å². The first kappa shape index (κ1) is 9.27. The predicted octanol–water partition coefficient (Wildman–Crippen LogP) is 0.737.